The molecule has 138 valence electrons. The Morgan fingerprint density at radius 3 is 2.64 bits per heavy atom. The fourth-order valence-electron chi connectivity index (χ4n) is 3.58. The van der Waals surface area contributed by atoms with Gasteiger partial charge in [0.2, 0.25) is 5.95 Å². The van der Waals surface area contributed by atoms with Crippen LogP contribution in [0.25, 0.3) is 16.7 Å². The van der Waals surface area contributed by atoms with E-state index in [1.165, 1.54) is 6.07 Å². The highest BCUT2D eigenvalue weighted by atomic mass is 79.9. The molecular weight excluding hydrogens is 441 g/mol. The van der Waals surface area contributed by atoms with Gasteiger partial charge in [-0.1, -0.05) is 51.8 Å². The standard InChI is InChI=1S/C22H14BrClFN3/c23-14-7-10-17(25)16(11-14)21-12-19(13-5-8-15(24)9-6-13)27-22-26-18-3-1-2-4-20(18)28(21)22/h1-12,21H,(H,26,27). The predicted molar refractivity (Wildman–Crippen MR) is 115 cm³/mol. The van der Waals surface area contributed by atoms with Crippen LogP contribution in [-0.4, -0.2) is 9.55 Å². The number of anilines is 1. The van der Waals surface area contributed by atoms with Gasteiger partial charge in [0.15, 0.2) is 0 Å². The molecule has 1 aliphatic rings. The van der Waals surface area contributed by atoms with Crippen LogP contribution in [0, 0.1) is 5.82 Å². The van der Waals surface area contributed by atoms with E-state index in [4.69, 9.17) is 16.6 Å². The molecule has 1 aliphatic heterocycles. The summed E-state index contributed by atoms with van der Waals surface area (Å²) in [6.07, 6.45) is 2.02. The van der Waals surface area contributed by atoms with Gasteiger partial charge in [-0.3, -0.25) is 4.57 Å². The van der Waals surface area contributed by atoms with Crippen molar-refractivity contribution in [1.29, 1.82) is 0 Å². The first-order valence-corrected chi connectivity index (χ1v) is 9.94. The van der Waals surface area contributed by atoms with Crippen molar-refractivity contribution in [2.24, 2.45) is 0 Å². The molecule has 0 saturated heterocycles. The number of halogens is 3. The summed E-state index contributed by atoms with van der Waals surface area (Å²) >= 11 is 9.51. The Hall–Kier alpha value is -2.63. The van der Waals surface area contributed by atoms with E-state index in [1.54, 1.807) is 6.07 Å². The van der Waals surface area contributed by atoms with Crippen LogP contribution in [0.3, 0.4) is 0 Å². The molecule has 0 amide bonds. The number of rotatable bonds is 2. The van der Waals surface area contributed by atoms with Crippen LogP contribution in [0.5, 0.6) is 0 Å². The van der Waals surface area contributed by atoms with Crippen LogP contribution < -0.4 is 5.32 Å². The van der Waals surface area contributed by atoms with E-state index in [0.29, 0.717) is 16.5 Å². The molecule has 4 aromatic rings. The Morgan fingerprint density at radius 1 is 1.04 bits per heavy atom. The lowest BCUT2D eigenvalue weighted by Crippen LogP contribution is -2.20. The zero-order chi connectivity index (χ0) is 19.3. The van der Waals surface area contributed by atoms with Gasteiger partial charge in [-0.05, 0) is 54.1 Å². The van der Waals surface area contributed by atoms with Gasteiger partial charge in [0.05, 0.1) is 17.1 Å². The third-order valence-corrected chi connectivity index (χ3v) is 5.62. The summed E-state index contributed by atoms with van der Waals surface area (Å²) in [4.78, 5) is 4.73. The molecule has 1 atom stereocenters. The van der Waals surface area contributed by atoms with Crippen molar-refractivity contribution < 1.29 is 4.39 Å². The number of benzene rings is 3. The van der Waals surface area contributed by atoms with Gasteiger partial charge >= 0.3 is 0 Å². The van der Waals surface area contributed by atoms with Crippen molar-refractivity contribution in [2.45, 2.75) is 6.04 Å². The second kappa shape index (κ2) is 6.76. The maximum Gasteiger partial charge on any atom is 0.209 e. The molecule has 0 saturated carbocycles. The summed E-state index contributed by atoms with van der Waals surface area (Å²) in [5.74, 6) is 0.420. The number of imidazole rings is 1. The van der Waals surface area contributed by atoms with Gasteiger partial charge in [-0.15, -0.1) is 0 Å². The maximum atomic E-state index is 14.8. The normalized spacial score (nSPS) is 15.8. The largest absolute Gasteiger partial charge is 0.325 e. The summed E-state index contributed by atoms with van der Waals surface area (Å²) in [5, 5.41) is 4.06. The molecule has 3 nitrogen and oxygen atoms in total. The summed E-state index contributed by atoms with van der Waals surface area (Å²) in [6.45, 7) is 0. The highest BCUT2D eigenvalue weighted by molar-refractivity contribution is 9.10. The average Bonchev–Trinajstić information content (AvgIpc) is 3.08. The number of aromatic nitrogens is 2. The first-order valence-electron chi connectivity index (χ1n) is 8.77. The lowest BCUT2D eigenvalue weighted by atomic mass is 10.0. The minimum absolute atomic E-state index is 0.259. The topological polar surface area (TPSA) is 29.9 Å². The van der Waals surface area contributed by atoms with Gasteiger partial charge < -0.3 is 5.32 Å². The van der Waals surface area contributed by atoms with Crippen molar-refractivity contribution in [3.8, 4) is 0 Å². The summed E-state index contributed by atoms with van der Waals surface area (Å²) in [7, 11) is 0. The molecular formula is C22H14BrClFN3. The zero-order valence-corrected chi connectivity index (χ0v) is 16.9. The smallest absolute Gasteiger partial charge is 0.209 e. The number of fused-ring (bicyclic) bond motifs is 3. The first kappa shape index (κ1) is 17.5. The third-order valence-electron chi connectivity index (χ3n) is 4.88. The van der Waals surface area contributed by atoms with Gasteiger partial charge in [0, 0.05) is 20.8 Å². The van der Waals surface area contributed by atoms with Crippen LogP contribution in [0.4, 0.5) is 10.3 Å². The summed E-state index contributed by atoms with van der Waals surface area (Å²) in [5.41, 5.74) is 4.20. The maximum absolute atomic E-state index is 14.8. The van der Waals surface area contributed by atoms with Crippen molar-refractivity contribution in [3.63, 3.8) is 0 Å². The van der Waals surface area contributed by atoms with E-state index in [9.17, 15) is 4.39 Å². The first-order chi connectivity index (χ1) is 13.6. The SMILES string of the molecule is Fc1ccc(Br)cc1C1C=C(c2ccc(Cl)cc2)Nc2nc3ccccc3n21. The number of nitrogens with one attached hydrogen (secondary N) is 1. The number of hydrogen-bond donors (Lipinski definition) is 1. The molecule has 1 unspecified atom stereocenters. The molecule has 1 N–H and O–H groups in total. The van der Waals surface area contributed by atoms with Crippen molar-refractivity contribution in [2.75, 3.05) is 5.32 Å². The molecule has 3 aromatic carbocycles. The number of para-hydroxylation sites is 2. The minimum Gasteiger partial charge on any atom is -0.325 e. The average molecular weight is 455 g/mol. The van der Waals surface area contributed by atoms with Crippen molar-refractivity contribution in [1.82, 2.24) is 9.55 Å². The predicted octanol–water partition coefficient (Wildman–Crippen LogP) is 6.65. The van der Waals surface area contributed by atoms with Gasteiger partial charge in [0.25, 0.3) is 0 Å². The molecule has 2 heterocycles. The van der Waals surface area contributed by atoms with Crippen LogP contribution in [-0.2, 0) is 0 Å². The zero-order valence-electron chi connectivity index (χ0n) is 14.5. The summed E-state index contributed by atoms with van der Waals surface area (Å²) in [6, 6.07) is 20.1. The number of nitrogens with zero attached hydrogens (tertiary/aromatic N) is 2. The van der Waals surface area contributed by atoms with E-state index in [1.807, 2.05) is 65.2 Å². The molecule has 0 fully saturated rings. The Morgan fingerprint density at radius 2 is 1.82 bits per heavy atom. The van der Waals surface area contributed by atoms with E-state index in [0.717, 1.165) is 26.8 Å². The van der Waals surface area contributed by atoms with E-state index in [2.05, 4.69) is 21.2 Å². The molecule has 0 radical (unpaired) electrons. The lowest BCUT2D eigenvalue weighted by Gasteiger charge is -2.27. The Bertz CT molecular complexity index is 1230. The monoisotopic (exact) mass is 453 g/mol. The molecule has 28 heavy (non-hydrogen) atoms. The summed E-state index contributed by atoms with van der Waals surface area (Å²) < 4.78 is 17.7. The van der Waals surface area contributed by atoms with Gasteiger partial charge in [-0.2, -0.15) is 0 Å². The van der Waals surface area contributed by atoms with Crippen LogP contribution in [0.15, 0.2) is 77.3 Å². The van der Waals surface area contributed by atoms with Crippen LogP contribution in [0.1, 0.15) is 17.2 Å². The highest BCUT2D eigenvalue weighted by Crippen LogP contribution is 2.38. The molecule has 6 heteroatoms. The minimum atomic E-state index is -0.341. The molecule has 0 spiro atoms. The van der Waals surface area contributed by atoms with Crippen molar-refractivity contribution >= 4 is 50.2 Å². The Labute approximate surface area is 174 Å². The van der Waals surface area contributed by atoms with Crippen LogP contribution >= 0.6 is 27.5 Å². The number of hydrogen-bond acceptors (Lipinski definition) is 2. The van der Waals surface area contributed by atoms with E-state index in [-0.39, 0.29) is 11.9 Å². The van der Waals surface area contributed by atoms with E-state index >= 15 is 0 Å². The van der Waals surface area contributed by atoms with Gasteiger partial charge in [-0.25, -0.2) is 9.37 Å². The fraction of sp³-hybridized carbons (Fsp3) is 0.0455. The van der Waals surface area contributed by atoms with Gasteiger partial charge in [0.1, 0.15) is 5.82 Å². The molecule has 5 rings (SSSR count). The second-order valence-corrected chi connectivity index (χ2v) is 7.97. The quantitative estimate of drug-likeness (QED) is 0.367. The van der Waals surface area contributed by atoms with Crippen molar-refractivity contribution in [3.05, 3.63) is 99.2 Å². The second-order valence-electron chi connectivity index (χ2n) is 6.62. The Kier molecular flexibility index (Phi) is 4.22. The molecule has 1 aromatic heterocycles. The highest BCUT2D eigenvalue weighted by Gasteiger charge is 2.27. The lowest BCUT2D eigenvalue weighted by molar-refractivity contribution is 0.583. The fourth-order valence-corrected chi connectivity index (χ4v) is 4.08. The Balaban J connectivity index is 1.75. The third kappa shape index (κ3) is 2.91. The molecule has 0 aliphatic carbocycles. The van der Waals surface area contributed by atoms with Crippen LogP contribution in [0.2, 0.25) is 5.02 Å². The van der Waals surface area contributed by atoms with E-state index < -0.39 is 0 Å². The molecule has 0 bridgehead atoms. The number of allylic oxidation sites excluding steroid dienone is 1.